The van der Waals surface area contributed by atoms with Crippen molar-refractivity contribution < 1.29 is 19.0 Å². The number of aromatic nitrogens is 2. The number of nitrogens with zero attached hydrogens (tertiary/aromatic N) is 6. The first-order valence-electron chi connectivity index (χ1n) is 18.1. The summed E-state index contributed by atoms with van der Waals surface area (Å²) < 4.78 is 18.2. The maximum atomic E-state index is 13.1. The lowest BCUT2D eigenvalue weighted by Crippen LogP contribution is -2.36. The Hall–Kier alpha value is -3.41. The van der Waals surface area contributed by atoms with Crippen molar-refractivity contribution in [3.63, 3.8) is 0 Å². The average Bonchev–Trinajstić information content (AvgIpc) is 3.59. The molecule has 0 radical (unpaired) electrons. The van der Waals surface area contributed by atoms with E-state index in [4.69, 9.17) is 26.3 Å². The lowest BCUT2D eigenvalue weighted by molar-refractivity contribution is -0.124. The molecule has 3 saturated heterocycles. The third-order valence-electron chi connectivity index (χ3n) is 10.6. The molecule has 3 unspecified atom stereocenters. The molecule has 2 aromatic rings. The number of fused-ring (bicyclic) bond motifs is 2. The molecule has 4 aliphatic heterocycles. The number of anilines is 1. The number of phenols is 1. The fourth-order valence-electron chi connectivity index (χ4n) is 7.70. The number of amides is 1. The topological polar surface area (TPSA) is 97.3 Å². The normalized spacial score (nSPS) is 23.9. The van der Waals surface area contributed by atoms with Gasteiger partial charge in [-0.2, -0.15) is 9.97 Å². The molecule has 3 fully saturated rings. The first-order chi connectivity index (χ1) is 24.0. The van der Waals surface area contributed by atoms with E-state index in [1.807, 2.05) is 19.9 Å². The molecular formula is C38H55ClFN7O3. The Labute approximate surface area is 302 Å². The fourth-order valence-corrected chi connectivity index (χ4v) is 8.07. The van der Waals surface area contributed by atoms with Crippen molar-refractivity contribution >= 4 is 23.3 Å². The maximum Gasteiger partial charge on any atom is 0.318 e. The molecule has 0 bridgehead atoms. The second-order valence-corrected chi connectivity index (χ2v) is 14.5. The number of carbonyl (C=O) groups excluding carboxylic acids is 1. The molecule has 1 amide bonds. The van der Waals surface area contributed by atoms with E-state index in [0.717, 1.165) is 84.8 Å². The van der Waals surface area contributed by atoms with Crippen LogP contribution in [0.25, 0.3) is 0 Å². The quantitative estimate of drug-likeness (QED) is 0.349. The number of allylic oxidation sites excluding steroid dienone is 1. The number of alkyl halides is 1. The van der Waals surface area contributed by atoms with Crippen LogP contribution < -0.4 is 15.0 Å². The molecule has 3 atom stereocenters. The highest BCUT2D eigenvalue weighted by atomic mass is 35.5. The van der Waals surface area contributed by atoms with Gasteiger partial charge in [0.2, 0.25) is 0 Å². The molecule has 0 saturated carbocycles. The molecule has 0 aliphatic carbocycles. The second-order valence-electron chi connectivity index (χ2n) is 14.1. The lowest BCUT2D eigenvalue weighted by Gasteiger charge is -2.37. The minimum absolute atomic E-state index is 0.0245. The number of likely N-dealkylation sites (N-methyl/N-ethyl adjacent to an activating group) is 2. The Bertz CT molecular complexity index is 1590. The number of phenolic OH excluding ortho intramolecular Hbond substituents is 1. The molecule has 5 heterocycles. The van der Waals surface area contributed by atoms with Crippen molar-refractivity contribution in [2.75, 3.05) is 65.9 Å². The number of halogens is 2. The molecule has 6 rings (SSSR count). The molecule has 50 heavy (non-hydrogen) atoms. The smallest absolute Gasteiger partial charge is 0.318 e. The van der Waals surface area contributed by atoms with Crippen LogP contribution in [-0.4, -0.2) is 109 Å². The van der Waals surface area contributed by atoms with Gasteiger partial charge in [0.1, 0.15) is 17.7 Å². The zero-order valence-electron chi connectivity index (χ0n) is 30.9. The fraction of sp³-hybridized carbons (Fsp3) is 0.605. The van der Waals surface area contributed by atoms with Gasteiger partial charge < -0.3 is 25.0 Å². The number of carbonyl (C=O) groups is 1. The van der Waals surface area contributed by atoms with E-state index in [1.54, 1.807) is 32.2 Å². The molecule has 1 aromatic carbocycles. The van der Waals surface area contributed by atoms with Gasteiger partial charge in [-0.15, -0.1) is 0 Å². The van der Waals surface area contributed by atoms with Gasteiger partial charge in [-0.05, 0) is 70.7 Å². The average molecular weight is 712 g/mol. The standard InChI is InChI=1S/C31H43ClN6O3.C7H12FN/c1-8-19(3)26(30(40)36(4)5)28(32)23-18-38(15-11-14-33-23)29-21-17-37(6)24(16-22(21)34-31(35-29)41-7)27-20(9-2)12-10-13-25(27)39;8-6-4-7-2-1-3-9(7)5-6/h10,12-13,24,33,39H,8-9,11,14-18H2,1-7H3;6-7H,1-5H2/b26-19-,28-23+;. The first kappa shape index (κ1) is 37.8. The number of aryl methyl sites for hydroxylation is 1. The Morgan fingerprint density at radius 1 is 1.18 bits per heavy atom. The monoisotopic (exact) mass is 711 g/mol. The predicted octanol–water partition coefficient (Wildman–Crippen LogP) is 5.74. The van der Waals surface area contributed by atoms with Gasteiger partial charge in [0.25, 0.3) is 5.91 Å². The van der Waals surface area contributed by atoms with Gasteiger partial charge in [0.05, 0.1) is 35.7 Å². The van der Waals surface area contributed by atoms with Crippen LogP contribution >= 0.6 is 11.6 Å². The number of hydrogen-bond donors (Lipinski definition) is 2. The summed E-state index contributed by atoms with van der Waals surface area (Å²) in [7, 11) is 7.15. The first-order valence-corrected chi connectivity index (χ1v) is 18.5. The van der Waals surface area contributed by atoms with Crippen LogP contribution in [-0.2, 0) is 24.2 Å². The Kier molecular flexibility index (Phi) is 12.7. The van der Waals surface area contributed by atoms with Crippen molar-refractivity contribution in [3.8, 4) is 11.8 Å². The van der Waals surface area contributed by atoms with Crippen LogP contribution in [0.2, 0.25) is 0 Å². The minimum Gasteiger partial charge on any atom is -0.508 e. The predicted molar refractivity (Wildman–Crippen MR) is 197 cm³/mol. The van der Waals surface area contributed by atoms with E-state index in [1.165, 1.54) is 12.8 Å². The number of benzene rings is 1. The van der Waals surface area contributed by atoms with Crippen molar-refractivity contribution in [1.82, 2.24) is 30.0 Å². The van der Waals surface area contributed by atoms with Crippen LogP contribution in [0, 0.1) is 0 Å². The summed E-state index contributed by atoms with van der Waals surface area (Å²) in [6.07, 6.45) is 5.87. The van der Waals surface area contributed by atoms with E-state index in [-0.39, 0.29) is 11.9 Å². The molecular weight excluding hydrogens is 657 g/mol. The third-order valence-corrected chi connectivity index (χ3v) is 11.0. The molecule has 0 spiro atoms. The van der Waals surface area contributed by atoms with Gasteiger partial charge in [0.15, 0.2) is 0 Å². The van der Waals surface area contributed by atoms with Gasteiger partial charge in [-0.3, -0.25) is 14.6 Å². The Balaban J connectivity index is 0.000000462. The highest BCUT2D eigenvalue weighted by Crippen LogP contribution is 2.41. The molecule has 12 heteroatoms. The van der Waals surface area contributed by atoms with Crippen LogP contribution in [0.15, 0.2) is 40.1 Å². The third kappa shape index (κ3) is 8.21. The summed E-state index contributed by atoms with van der Waals surface area (Å²) in [5, 5.41) is 14.8. The van der Waals surface area contributed by atoms with Crippen molar-refractivity contribution in [3.05, 3.63) is 62.5 Å². The van der Waals surface area contributed by atoms with Gasteiger partial charge >= 0.3 is 6.01 Å². The number of hydrogen-bond acceptors (Lipinski definition) is 9. The van der Waals surface area contributed by atoms with Crippen LogP contribution in [0.3, 0.4) is 0 Å². The number of methoxy groups -OCH3 is 1. The van der Waals surface area contributed by atoms with Crippen molar-refractivity contribution in [2.24, 2.45) is 0 Å². The highest BCUT2D eigenvalue weighted by Gasteiger charge is 2.35. The highest BCUT2D eigenvalue weighted by molar-refractivity contribution is 6.35. The number of ether oxygens (including phenoxy) is 1. The zero-order valence-corrected chi connectivity index (χ0v) is 31.6. The van der Waals surface area contributed by atoms with E-state index < -0.39 is 6.17 Å². The van der Waals surface area contributed by atoms with E-state index in [2.05, 4.69) is 40.1 Å². The van der Waals surface area contributed by atoms with Crippen LogP contribution in [0.4, 0.5) is 10.2 Å². The van der Waals surface area contributed by atoms with Crippen LogP contribution in [0.1, 0.15) is 81.3 Å². The SMILES string of the molecule is CC/C(C)=C(C(=O)N(C)C)/C(Cl)=C1/CN(c2nc(OC)nc3c2CN(C)C(c2c(O)cccc2CC)C3)CCCN1.FC1CC2CCCN2C1. The number of aromatic hydroxyl groups is 1. The number of rotatable bonds is 7. The largest absolute Gasteiger partial charge is 0.508 e. The van der Waals surface area contributed by atoms with E-state index in [9.17, 15) is 14.3 Å². The zero-order chi connectivity index (χ0) is 36.1. The second kappa shape index (κ2) is 16.7. The Morgan fingerprint density at radius 3 is 2.64 bits per heavy atom. The maximum absolute atomic E-state index is 13.1. The number of nitrogens with one attached hydrogen (secondary N) is 1. The van der Waals surface area contributed by atoms with Gasteiger partial charge in [-0.25, -0.2) is 4.39 Å². The molecule has 2 N–H and O–H groups in total. The molecule has 10 nitrogen and oxygen atoms in total. The molecule has 1 aromatic heterocycles. The summed E-state index contributed by atoms with van der Waals surface area (Å²) in [4.78, 5) is 31.1. The minimum atomic E-state index is -0.518. The van der Waals surface area contributed by atoms with Gasteiger partial charge in [-0.1, -0.05) is 43.2 Å². The van der Waals surface area contributed by atoms with Crippen molar-refractivity contribution in [2.45, 2.75) is 90.5 Å². The summed E-state index contributed by atoms with van der Waals surface area (Å²) in [5.74, 6) is 1.02. The van der Waals surface area contributed by atoms with E-state index >= 15 is 0 Å². The summed E-state index contributed by atoms with van der Waals surface area (Å²) >= 11 is 7.01. The van der Waals surface area contributed by atoms with E-state index in [0.29, 0.717) is 54.5 Å². The molecule has 274 valence electrons. The van der Waals surface area contributed by atoms with Crippen LogP contribution in [0.5, 0.6) is 11.8 Å². The summed E-state index contributed by atoms with van der Waals surface area (Å²) in [6, 6.07) is 6.64. The molecule has 4 aliphatic rings. The summed E-state index contributed by atoms with van der Waals surface area (Å²) in [5.41, 5.74) is 6.34. The summed E-state index contributed by atoms with van der Waals surface area (Å²) in [6.45, 7) is 10.5. The van der Waals surface area contributed by atoms with Crippen molar-refractivity contribution in [1.29, 1.82) is 0 Å². The lowest BCUT2D eigenvalue weighted by atomic mass is 9.89. The van der Waals surface area contributed by atoms with Gasteiger partial charge in [0, 0.05) is 69.9 Å². The Morgan fingerprint density at radius 2 is 1.96 bits per heavy atom.